The lowest BCUT2D eigenvalue weighted by Crippen LogP contribution is -2.49. The molecule has 1 fully saturated rings. The lowest BCUT2D eigenvalue weighted by Gasteiger charge is -2.35. The number of nitrogens with zero attached hydrogens (tertiary/aromatic N) is 3. The van der Waals surface area contributed by atoms with E-state index in [1.54, 1.807) is 42.5 Å². The van der Waals surface area contributed by atoms with Crippen LogP contribution >= 0.6 is 0 Å². The van der Waals surface area contributed by atoms with Crippen LogP contribution in [0.4, 0.5) is 11.4 Å². The Morgan fingerprint density at radius 2 is 1.77 bits per heavy atom. The van der Waals surface area contributed by atoms with Crippen molar-refractivity contribution in [1.82, 2.24) is 10.2 Å². The van der Waals surface area contributed by atoms with E-state index in [1.165, 1.54) is 6.07 Å². The van der Waals surface area contributed by atoms with Crippen molar-refractivity contribution in [2.45, 2.75) is 0 Å². The topological polar surface area (TPSA) is 95.8 Å². The third kappa shape index (κ3) is 5.09. The fourth-order valence-electron chi connectivity index (χ4n) is 3.43. The molecule has 3 rings (SSSR count). The third-order valence-corrected chi connectivity index (χ3v) is 4.99. The summed E-state index contributed by atoms with van der Waals surface area (Å²) in [6.45, 7) is 6.63. The number of nitrogens with one attached hydrogen (secondary N) is 1. The van der Waals surface area contributed by atoms with Gasteiger partial charge in [-0.1, -0.05) is 36.4 Å². The van der Waals surface area contributed by atoms with Crippen LogP contribution in [0.2, 0.25) is 0 Å². The number of nitro groups is 1. The number of piperazine rings is 1. The maximum atomic E-state index is 12.6. The number of carbonyl (C=O) groups excluding carboxylic acids is 2. The van der Waals surface area contributed by atoms with Crippen molar-refractivity contribution < 1.29 is 14.5 Å². The molecule has 0 unspecified atom stereocenters. The summed E-state index contributed by atoms with van der Waals surface area (Å²) in [6.07, 6.45) is 1.63. The monoisotopic (exact) mass is 408 g/mol. The Labute approximate surface area is 174 Å². The Hall–Kier alpha value is -3.52. The van der Waals surface area contributed by atoms with E-state index in [2.05, 4.69) is 11.9 Å². The van der Waals surface area contributed by atoms with Crippen molar-refractivity contribution in [2.75, 3.05) is 44.2 Å². The van der Waals surface area contributed by atoms with E-state index in [4.69, 9.17) is 0 Å². The molecule has 8 nitrogen and oxygen atoms in total. The van der Waals surface area contributed by atoms with Gasteiger partial charge in [0.05, 0.1) is 11.5 Å². The van der Waals surface area contributed by atoms with Gasteiger partial charge in [0.15, 0.2) is 5.78 Å². The van der Waals surface area contributed by atoms with Gasteiger partial charge in [-0.25, -0.2) is 0 Å². The molecule has 0 saturated carbocycles. The summed E-state index contributed by atoms with van der Waals surface area (Å²) in [5.41, 5.74) is 1.17. The molecule has 1 saturated heterocycles. The van der Waals surface area contributed by atoms with Gasteiger partial charge in [-0.15, -0.1) is 6.58 Å². The summed E-state index contributed by atoms with van der Waals surface area (Å²) in [5.74, 6) is -0.321. The first-order valence-electron chi connectivity index (χ1n) is 9.72. The number of nitro benzene ring substituents is 1. The fraction of sp³-hybridized carbons (Fsp3) is 0.273. The van der Waals surface area contributed by atoms with E-state index < -0.39 is 4.92 Å². The van der Waals surface area contributed by atoms with Gasteiger partial charge in [0.2, 0.25) is 5.91 Å². The maximum absolute atomic E-state index is 12.6. The number of ketones is 1. The van der Waals surface area contributed by atoms with Crippen molar-refractivity contribution in [3.63, 3.8) is 0 Å². The van der Waals surface area contributed by atoms with E-state index >= 15 is 0 Å². The minimum Gasteiger partial charge on any atom is -0.363 e. The summed E-state index contributed by atoms with van der Waals surface area (Å²) in [4.78, 5) is 39.7. The standard InChI is InChI=1S/C22H24N4O4/c1-2-10-23-21(27)16-24-11-13-25(14-12-24)19-9-8-18(15-20(19)26(29)30)22(28)17-6-4-3-5-7-17/h2-9,15H,1,10-14,16H2,(H,23,27). The fourth-order valence-corrected chi connectivity index (χ4v) is 3.43. The number of amides is 1. The van der Waals surface area contributed by atoms with Crippen LogP contribution in [0.5, 0.6) is 0 Å². The lowest BCUT2D eigenvalue weighted by atomic mass is 10.0. The smallest absolute Gasteiger partial charge is 0.293 e. The van der Waals surface area contributed by atoms with Gasteiger partial charge in [-0.05, 0) is 12.1 Å². The molecule has 0 aromatic heterocycles. The minimum atomic E-state index is -0.452. The van der Waals surface area contributed by atoms with E-state index in [0.29, 0.717) is 44.0 Å². The Balaban J connectivity index is 1.71. The van der Waals surface area contributed by atoms with Gasteiger partial charge < -0.3 is 10.2 Å². The average molecular weight is 408 g/mol. The Morgan fingerprint density at radius 1 is 1.07 bits per heavy atom. The van der Waals surface area contributed by atoms with Gasteiger partial charge in [-0.3, -0.25) is 24.6 Å². The predicted octanol–water partition coefficient (Wildman–Crippen LogP) is 2.25. The van der Waals surface area contributed by atoms with Crippen LogP contribution in [0.25, 0.3) is 0 Å². The largest absolute Gasteiger partial charge is 0.363 e. The molecule has 1 aliphatic rings. The van der Waals surface area contributed by atoms with E-state index in [9.17, 15) is 19.7 Å². The number of anilines is 1. The van der Waals surface area contributed by atoms with Crippen LogP contribution < -0.4 is 10.2 Å². The van der Waals surface area contributed by atoms with Crippen LogP contribution in [0.1, 0.15) is 15.9 Å². The minimum absolute atomic E-state index is 0.0712. The molecular weight excluding hydrogens is 384 g/mol. The summed E-state index contributed by atoms with van der Waals surface area (Å²) in [5, 5.41) is 14.4. The summed E-state index contributed by atoms with van der Waals surface area (Å²) >= 11 is 0. The number of carbonyl (C=O) groups is 2. The van der Waals surface area contributed by atoms with Crippen molar-refractivity contribution in [1.29, 1.82) is 0 Å². The Bertz CT molecular complexity index is 937. The first kappa shape index (κ1) is 21.2. The summed E-state index contributed by atoms with van der Waals surface area (Å²) in [6, 6.07) is 13.3. The van der Waals surface area contributed by atoms with Crippen LogP contribution in [0, 0.1) is 10.1 Å². The van der Waals surface area contributed by atoms with Crippen LogP contribution in [-0.4, -0.2) is 60.8 Å². The molecule has 0 spiro atoms. The Kier molecular flexibility index (Phi) is 6.92. The highest BCUT2D eigenvalue weighted by Crippen LogP contribution is 2.30. The quantitative estimate of drug-likeness (QED) is 0.312. The molecule has 0 atom stereocenters. The second-order valence-corrected chi connectivity index (χ2v) is 7.01. The highest BCUT2D eigenvalue weighted by Gasteiger charge is 2.26. The number of hydrogen-bond acceptors (Lipinski definition) is 6. The maximum Gasteiger partial charge on any atom is 0.293 e. The number of hydrogen-bond donors (Lipinski definition) is 1. The molecule has 1 heterocycles. The average Bonchev–Trinajstić information content (AvgIpc) is 2.78. The van der Waals surface area contributed by atoms with Gasteiger partial charge >= 0.3 is 0 Å². The SMILES string of the molecule is C=CCNC(=O)CN1CCN(c2ccc(C(=O)c3ccccc3)cc2[N+](=O)[O-])CC1. The van der Waals surface area contributed by atoms with Gasteiger partial charge in [0.1, 0.15) is 5.69 Å². The zero-order valence-electron chi connectivity index (χ0n) is 16.6. The number of benzene rings is 2. The van der Waals surface area contributed by atoms with E-state index in [0.717, 1.165) is 0 Å². The molecule has 2 aromatic rings. The second-order valence-electron chi connectivity index (χ2n) is 7.01. The molecule has 2 aromatic carbocycles. The van der Waals surface area contributed by atoms with Crippen LogP contribution in [0.15, 0.2) is 61.2 Å². The number of rotatable bonds is 8. The van der Waals surface area contributed by atoms with Crippen LogP contribution in [0.3, 0.4) is 0 Å². The third-order valence-electron chi connectivity index (χ3n) is 4.99. The lowest BCUT2D eigenvalue weighted by molar-refractivity contribution is -0.384. The molecule has 0 radical (unpaired) electrons. The highest BCUT2D eigenvalue weighted by atomic mass is 16.6. The van der Waals surface area contributed by atoms with Crippen LogP contribution in [-0.2, 0) is 4.79 Å². The molecule has 1 N–H and O–H groups in total. The Morgan fingerprint density at radius 3 is 2.40 bits per heavy atom. The van der Waals surface area contributed by atoms with Gasteiger partial charge in [-0.2, -0.15) is 0 Å². The van der Waals surface area contributed by atoms with Gasteiger partial charge in [0, 0.05) is 49.9 Å². The zero-order chi connectivity index (χ0) is 21.5. The molecule has 0 aliphatic carbocycles. The van der Waals surface area contributed by atoms with Crippen molar-refractivity contribution in [3.05, 3.63) is 82.4 Å². The molecule has 1 amide bonds. The summed E-state index contributed by atoms with van der Waals surface area (Å²) in [7, 11) is 0. The molecule has 1 aliphatic heterocycles. The molecule has 156 valence electrons. The first-order chi connectivity index (χ1) is 14.5. The molecule has 30 heavy (non-hydrogen) atoms. The van der Waals surface area contributed by atoms with E-state index in [-0.39, 0.29) is 29.5 Å². The van der Waals surface area contributed by atoms with Crippen molar-refractivity contribution >= 4 is 23.1 Å². The predicted molar refractivity (Wildman–Crippen MR) is 115 cm³/mol. The zero-order valence-corrected chi connectivity index (χ0v) is 16.6. The van der Waals surface area contributed by atoms with E-state index in [1.807, 2.05) is 15.9 Å². The highest BCUT2D eigenvalue weighted by molar-refractivity contribution is 6.09. The first-order valence-corrected chi connectivity index (χ1v) is 9.72. The van der Waals surface area contributed by atoms with Crippen molar-refractivity contribution in [2.24, 2.45) is 0 Å². The van der Waals surface area contributed by atoms with Crippen molar-refractivity contribution in [3.8, 4) is 0 Å². The molecule has 0 bridgehead atoms. The summed E-state index contributed by atoms with van der Waals surface area (Å²) < 4.78 is 0. The molecule has 8 heteroatoms. The second kappa shape index (κ2) is 9.80. The van der Waals surface area contributed by atoms with Gasteiger partial charge in [0.25, 0.3) is 5.69 Å². The molecular formula is C22H24N4O4. The normalized spacial score (nSPS) is 14.2.